The molecular weight excluding hydrogens is 897 g/mol. The minimum atomic E-state index is -0.640. The Labute approximate surface area is 392 Å². The van der Waals surface area contributed by atoms with E-state index in [1.54, 1.807) is 24.3 Å². The summed E-state index contributed by atoms with van der Waals surface area (Å²) in [6.45, 7) is 3.98. The summed E-state index contributed by atoms with van der Waals surface area (Å²) in [5.74, 6) is -1.09. The summed E-state index contributed by atoms with van der Waals surface area (Å²) >= 11 is 7.22. The number of unbranched alkanes of at least 4 members (excludes halogenated alkanes) is 1. The van der Waals surface area contributed by atoms with Crippen LogP contribution in [0.2, 0.25) is 0 Å². The molecule has 22 nitrogen and oxygen atoms in total. The molecule has 0 aliphatic carbocycles. The highest BCUT2D eigenvalue weighted by Crippen LogP contribution is 2.39. The molecule has 0 radical (unpaired) electrons. The molecule has 5 rings (SSSR count). The van der Waals surface area contributed by atoms with Crippen molar-refractivity contribution in [2.75, 3.05) is 101 Å². The maximum absolute atomic E-state index is 12.8. The Bertz CT molecular complexity index is 1990. The lowest BCUT2D eigenvalue weighted by Crippen LogP contribution is -2.57. The van der Waals surface area contributed by atoms with Gasteiger partial charge in [0.15, 0.2) is 5.11 Å². The average molecular weight is 955 g/mol. The fourth-order valence-electron chi connectivity index (χ4n) is 7.74. The molecule has 4 fully saturated rings. The smallest absolute Gasteiger partial charge is 0.317 e. The first-order valence-corrected chi connectivity index (χ1v) is 23.3. The van der Waals surface area contributed by atoms with Gasteiger partial charge in [0, 0.05) is 101 Å². The van der Waals surface area contributed by atoms with E-state index in [4.69, 9.17) is 12.2 Å². The minimum Gasteiger partial charge on any atom is -0.353 e. The van der Waals surface area contributed by atoms with Crippen LogP contribution in [0.15, 0.2) is 36.9 Å². The molecule has 2 unspecified atom stereocenters. The number of urea groups is 1. The summed E-state index contributed by atoms with van der Waals surface area (Å²) in [7, 11) is 0. The lowest BCUT2D eigenvalue weighted by atomic mass is 9.97. The zero-order valence-corrected chi connectivity index (χ0v) is 38.3. The quantitative estimate of drug-likeness (QED) is 0.0337. The highest BCUT2D eigenvalue weighted by Gasteiger charge is 2.42. The number of nitrogens with zero attached hydrogens (tertiary/aromatic N) is 5. The van der Waals surface area contributed by atoms with E-state index in [-0.39, 0.29) is 132 Å². The number of anilines is 2. The summed E-state index contributed by atoms with van der Waals surface area (Å²) in [6, 6.07) is 6.77. The SMILES string of the molecule is C=CC(=O)N(C=O)CCC(=O)NCC(=O)N1CCN(C(=O)NCC(=O)N2CCN(C(=O)CNC(=O)CNC(=S)Nc3ccc(NC(=O)CCCC[C@@H]4SCC5CC(=O)NC54)cc3)CC2)CC1. The van der Waals surface area contributed by atoms with Crippen molar-refractivity contribution in [2.24, 2.45) is 5.92 Å². The Kier molecular flexibility index (Phi) is 19.5. The third kappa shape index (κ3) is 15.7. The van der Waals surface area contributed by atoms with E-state index in [0.717, 1.165) is 36.0 Å². The summed E-state index contributed by atoms with van der Waals surface area (Å²) in [4.78, 5) is 129. The van der Waals surface area contributed by atoms with Crippen molar-refractivity contribution in [3.8, 4) is 0 Å². The molecule has 66 heavy (non-hydrogen) atoms. The second kappa shape index (κ2) is 25.4. The highest BCUT2D eigenvalue weighted by atomic mass is 32.2. The van der Waals surface area contributed by atoms with E-state index in [9.17, 15) is 47.9 Å². The Balaban J connectivity index is 0.868. The molecule has 4 aliphatic rings. The van der Waals surface area contributed by atoms with Gasteiger partial charge >= 0.3 is 6.03 Å². The van der Waals surface area contributed by atoms with Crippen LogP contribution in [0.5, 0.6) is 0 Å². The van der Waals surface area contributed by atoms with E-state index in [2.05, 4.69) is 43.8 Å². The second-order valence-corrected chi connectivity index (χ2v) is 17.7. The fraction of sp³-hybridized carbons (Fsp3) is 0.548. The first-order chi connectivity index (χ1) is 31.7. The number of thioether (sulfide) groups is 1. The predicted molar refractivity (Wildman–Crippen MR) is 247 cm³/mol. The lowest BCUT2D eigenvalue weighted by Gasteiger charge is -2.36. The van der Waals surface area contributed by atoms with Gasteiger partial charge in [-0.2, -0.15) is 11.8 Å². The molecule has 24 heteroatoms. The Morgan fingerprint density at radius 2 is 1.26 bits per heavy atom. The number of carbonyl (C=O) groups excluding carboxylic acids is 10. The van der Waals surface area contributed by atoms with Gasteiger partial charge in [0.05, 0.1) is 26.2 Å². The molecule has 4 heterocycles. The van der Waals surface area contributed by atoms with Gasteiger partial charge in [-0.3, -0.25) is 48.1 Å². The molecule has 0 spiro atoms. The number of amides is 11. The summed E-state index contributed by atoms with van der Waals surface area (Å²) < 4.78 is 0. The molecule has 0 bridgehead atoms. The monoisotopic (exact) mass is 954 g/mol. The average Bonchev–Trinajstić information content (AvgIpc) is 3.89. The second-order valence-electron chi connectivity index (χ2n) is 16.0. The lowest BCUT2D eigenvalue weighted by molar-refractivity contribution is -0.139. The number of benzene rings is 1. The van der Waals surface area contributed by atoms with E-state index in [1.165, 1.54) is 19.6 Å². The summed E-state index contributed by atoms with van der Waals surface area (Å²) in [6.07, 6.45) is 4.76. The van der Waals surface area contributed by atoms with Crippen LogP contribution in [-0.4, -0.2) is 191 Å². The van der Waals surface area contributed by atoms with Crippen molar-refractivity contribution in [1.82, 2.24) is 51.1 Å². The van der Waals surface area contributed by atoms with Crippen LogP contribution in [-0.2, 0) is 43.2 Å². The number of imide groups is 1. The van der Waals surface area contributed by atoms with Gasteiger partial charge in [0.2, 0.25) is 47.8 Å². The zero-order valence-electron chi connectivity index (χ0n) is 36.7. The van der Waals surface area contributed by atoms with Gasteiger partial charge < -0.3 is 56.8 Å². The van der Waals surface area contributed by atoms with Gasteiger partial charge in [-0.05, 0) is 67.1 Å². The minimum absolute atomic E-state index is 0.0741. The van der Waals surface area contributed by atoms with Crippen LogP contribution < -0.4 is 37.2 Å². The summed E-state index contributed by atoms with van der Waals surface area (Å²) in [5, 5.41) is 20.0. The van der Waals surface area contributed by atoms with Gasteiger partial charge in [-0.25, -0.2) is 4.79 Å². The number of nitrogens with one attached hydrogen (secondary N) is 7. The normalized spacial score (nSPS) is 18.8. The van der Waals surface area contributed by atoms with E-state index in [0.29, 0.717) is 41.8 Å². The molecular formula is C42H58N12O10S2. The van der Waals surface area contributed by atoms with Gasteiger partial charge in [0.25, 0.3) is 5.91 Å². The van der Waals surface area contributed by atoms with Crippen molar-refractivity contribution in [3.05, 3.63) is 36.9 Å². The third-order valence-electron chi connectivity index (χ3n) is 11.5. The Morgan fingerprint density at radius 1 is 0.712 bits per heavy atom. The molecule has 0 aromatic heterocycles. The maximum atomic E-state index is 12.8. The van der Waals surface area contributed by atoms with Crippen molar-refractivity contribution < 1.29 is 47.9 Å². The van der Waals surface area contributed by atoms with Gasteiger partial charge in [-0.1, -0.05) is 13.0 Å². The standard InChI is InChI=1S/C42H58N12O10S2/c1-2-36(60)54(27-55)12-11-32(56)43-23-37(61)52-17-19-53(20-18-52)42(64)46-25-39(63)51-15-13-50(14-16-51)38(62)24-44-35(59)22-45-41(65)48-30-9-7-29(8-10-30)47-33(57)6-4-3-5-31-40-28(26-66-31)21-34(58)49-40/h2,7-10,27-28,31,40H,1,3-6,11-26H2,(H,43,56)(H,44,59)(H,46,64)(H,47,57)(H,49,58)(H2,45,48,65)/t28?,31-,40?/m0/s1. The molecule has 3 atom stereocenters. The van der Waals surface area contributed by atoms with Gasteiger partial charge in [-0.15, -0.1) is 0 Å². The number of hydrogen-bond donors (Lipinski definition) is 7. The number of carbonyl (C=O) groups is 10. The van der Waals surface area contributed by atoms with E-state index < -0.39 is 23.8 Å². The van der Waals surface area contributed by atoms with Crippen LogP contribution in [0.25, 0.3) is 0 Å². The van der Waals surface area contributed by atoms with Crippen molar-refractivity contribution in [2.45, 2.75) is 49.8 Å². The number of fused-ring (bicyclic) bond motifs is 1. The number of rotatable bonds is 20. The predicted octanol–water partition coefficient (Wildman–Crippen LogP) is -1.59. The molecule has 1 aromatic carbocycles. The number of piperazine rings is 2. The fourth-order valence-corrected chi connectivity index (χ4v) is 9.58. The topological polar surface area (TPSA) is 271 Å². The molecule has 1 aromatic rings. The Hall–Kier alpha value is -6.30. The van der Waals surface area contributed by atoms with Gasteiger partial charge in [0.1, 0.15) is 0 Å². The number of hydrogen-bond acceptors (Lipinski definition) is 12. The molecule has 7 N–H and O–H groups in total. The van der Waals surface area contributed by atoms with Crippen molar-refractivity contribution >= 4 is 100 Å². The first-order valence-electron chi connectivity index (χ1n) is 21.9. The molecule has 0 saturated carbocycles. The first kappa shape index (κ1) is 50.7. The largest absolute Gasteiger partial charge is 0.353 e. The maximum Gasteiger partial charge on any atom is 0.317 e. The molecule has 358 valence electrons. The number of thiocarbonyl (C=S) groups is 1. The van der Waals surface area contributed by atoms with Crippen LogP contribution in [0.4, 0.5) is 16.2 Å². The molecule has 4 aliphatic heterocycles. The molecule has 11 amide bonds. The highest BCUT2D eigenvalue weighted by molar-refractivity contribution is 8.00. The van der Waals surface area contributed by atoms with E-state index in [1.807, 2.05) is 11.8 Å². The Morgan fingerprint density at radius 3 is 1.83 bits per heavy atom. The molecule has 4 saturated heterocycles. The van der Waals surface area contributed by atoms with Crippen LogP contribution in [0.1, 0.15) is 38.5 Å². The third-order valence-corrected chi connectivity index (χ3v) is 13.3. The van der Waals surface area contributed by atoms with Crippen LogP contribution in [0, 0.1) is 5.92 Å². The van der Waals surface area contributed by atoms with Crippen LogP contribution >= 0.6 is 24.0 Å². The van der Waals surface area contributed by atoms with Crippen molar-refractivity contribution in [3.63, 3.8) is 0 Å². The van der Waals surface area contributed by atoms with Crippen molar-refractivity contribution in [1.29, 1.82) is 0 Å². The zero-order chi connectivity index (χ0) is 47.6. The van der Waals surface area contributed by atoms with Crippen LogP contribution in [0.3, 0.4) is 0 Å². The summed E-state index contributed by atoms with van der Waals surface area (Å²) in [5.41, 5.74) is 1.28. The van der Waals surface area contributed by atoms with E-state index >= 15 is 0 Å².